The van der Waals surface area contributed by atoms with Gasteiger partial charge < -0.3 is 19.5 Å². The van der Waals surface area contributed by atoms with Gasteiger partial charge in [0.05, 0.1) is 19.3 Å². The van der Waals surface area contributed by atoms with Crippen LogP contribution < -0.4 is 0 Å². The normalized spacial score (nSPS) is 26.2. The summed E-state index contributed by atoms with van der Waals surface area (Å²) in [6.07, 6.45) is 3.86. The molecule has 2 aliphatic rings. The van der Waals surface area contributed by atoms with E-state index in [1.807, 2.05) is 0 Å². The summed E-state index contributed by atoms with van der Waals surface area (Å²) in [4.78, 5) is 2.30. The number of hydrogen-bond donors (Lipinski definition) is 1. The van der Waals surface area contributed by atoms with Crippen LogP contribution in [-0.2, 0) is 9.47 Å². The molecule has 1 saturated heterocycles. The second-order valence-electron chi connectivity index (χ2n) is 7.16. The van der Waals surface area contributed by atoms with E-state index in [0.29, 0.717) is 6.04 Å². The molecule has 2 rings (SSSR count). The average Bonchev–Trinajstić information content (AvgIpc) is 2.77. The third-order valence-corrected chi connectivity index (χ3v) is 4.61. The lowest BCUT2D eigenvalue weighted by Gasteiger charge is -2.40. The molecule has 0 aromatic carbocycles. The van der Waals surface area contributed by atoms with Gasteiger partial charge in [0.1, 0.15) is 0 Å². The lowest BCUT2D eigenvalue weighted by Crippen LogP contribution is -2.46. The highest BCUT2D eigenvalue weighted by atomic mass is 16.7. The molecule has 4 nitrogen and oxygen atoms in total. The summed E-state index contributed by atoms with van der Waals surface area (Å²) in [5, 5.41) is 10.2. The molecule has 0 aromatic rings. The molecule has 1 aliphatic carbocycles. The van der Waals surface area contributed by atoms with E-state index in [4.69, 9.17) is 9.47 Å². The number of rotatable bonds is 3. The molecule has 0 radical (unpaired) electrons. The minimum atomic E-state index is -0.285. The predicted octanol–water partition coefficient (Wildman–Crippen LogP) is 2.01. The summed E-state index contributed by atoms with van der Waals surface area (Å²) in [7, 11) is 2.12. The van der Waals surface area contributed by atoms with E-state index >= 15 is 0 Å². The summed E-state index contributed by atoms with van der Waals surface area (Å²) >= 11 is 0. The quantitative estimate of drug-likeness (QED) is 0.852. The smallest absolute Gasteiger partial charge is 0.168 e. The number of hydrogen-bond acceptors (Lipinski definition) is 4. The fraction of sp³-hybridized carbons (Fsp3) is 1.00. The Kier molecular flexibility index (Phi) is 4.56. The number of likely N-dealkylation sites (N-methyl/N-ethyl adjacent to an activating group) is 1. The predicted molar refractivity (Wildman–Crippen MR) is 75.0 cm³/mol. The molecule has 1 unspecified atom stereocenters. The van der Waals surface area contributed by atoms with Crippen molar-refractivity contribution in [2.45, 2.75) is 64.4 Å². The minimum absolute atomic E-state index is 0.0537. The molecule has 1 aliphatic heterocycles. The first-order valence-electron chi connectivity index (χ1n) is 7.49. The molecule has 2 fully saturated rings. The maximum atomic E-state index is 10.2. The van der Waals surface area contributed by atoms with Crippen molar-refractivity contribution in [3.05, 3.63) is 0 Å². The fourth-order valence-electron chi connectivity index (χ4n) is 2.96. The van der Waals surface area contributed by atoms with Gasteiger partial charge in [-0.05, 0) is 25.3 Å². The highest BCUT2D eigenvalue weighted by molar-refractivity contribution is 4.87. The molecule has 112 valence electrons. The zero-order chi connectivity index (χ0) is 14.1. The molecule has 1 N–H and O–H groups in total. The summed E-state index contributed by atoms with van der Waals surface area (Å²) in [6, 6.07) is 0.537. The second kappa shape index (κ2) is 5.68. The van der Waals surface area contributed by atoms with Crippen LogP contribution in [0.1, 0.15) is 46.5 Å². The molecule has 1 heterocycles. The van der Waals surface area contributed by atoms with Crippen molar-refractivity contribution in [1.82, 2.24) is 4.90 Å². The van der Waals surface area contributed by atoms with Crippen molar-refractivity contribution >= 4 is 0 Å². The molecular formula is C15H29NO3. The minimum Gasteiger partial charge on any atom is -0.391 e. The summed E-state index contributed by atoms with van der Waals surface area (Å²) in [5.74, 6) is -0.278. The Hall–Kier alpha value is -0.160. The maximum absolute atomic E-state index is 10.2. The Labute approximate surface area is 117 Å². The van der Waals surface area contributed by atoms with Gasteiger partial charge in [-0.15, -0.1) is 0 Å². The molecule has 19 heavy (non-hydrogen) atoms. The summed E-state index contributed by atoms with van der Waals surface area (Å²) in [6.45, 7) is 8.47. The maximum Gasteiger partial charge on any atom is 0.168 e. The SMILES string of the molecule is CN(CC(O)C(C)(C)C)C1CCC2(CC1)OCCO2. The zero-order valence-electron chi connectivity index (χ0n) is 12.8. The number of aliphatic hydroxyl groups is 1. The Morgan fingerprint density at radius 2 is 1.74 bits per heavy atom. The number of aliphatic hydroxyl groups excluding tert-OH is 1. The van der Waals surface area contributed by atoms with E-state index in [2.05, 4.69) is 32.7 Å². The van der Waals surface area contributed by atoms with Crippen LogP contribution >= 0.6 is 0 Å². The fourth-order valence-corrected chi connectivity index (χ4v) is 2.96. The second-order valence-corrected chi connectivity index (χ2v) is 7.16. The number of ether oxygens (including phenoxy) is 2. The van der Waals surface area contributed by atoms with Crippen LogP contribution in [0.25, 0.3) is 0 Å². The first-order valence-corrected chi connectivity index (χ1v) is 7.49. The van der Waals surface area contributed by atoms with Gasteiger partial charge in [0.2, 0.25) is 0 Å². The van der Waals surface area contributed by atoms with Gasteiger partial charge in [-0.2, -0.15) is 0 Å². The summed E-state index contributed by atoms with van der Waals surface area (Å²) < 4.78 is 11.5. The first-order chi connectivity index (χ1) is 8.82. The van der Waals surface area contributed by atoms with Gasteiger partial charge in [-0.3, -0.25) is 0 Å². The van der Waals surface area contributed by atoms with Gasteiger partial charge in [0.25, 0.3) is 0 Å². The third kappa shape index (κ3) is 3.69. The average molecular weight is 271 g/mol. The molecule has 1 saturated carbocycles. The standard InChI is InChI=1S/C15H29NO3/c1-14(2,3)13(17)11-16(4)12-5-7-15(8-6-12)18-9-10-19-15/h12-13,17H,5-11H2,1-4H3. The van der Waals surface area contributed by atoms with Crippen molar-refractivity contribution in [3.8, 4) is 0 Å². The van der Waals surface area contributed by atoms with Gasteiger partial charge >= 0.3 is 0 Å². The molecule has 1 atom stereocenters. The molecular weight excluding hydrogens is 242 g/mol. The van der Waals surface area contributed by atoms with Crippen LogP contribution in [0, 0.1) is 5.41 Å². The van der Waals surface area contributed by atoms with Gasteiger partial charge in [-0.1, -0.05) is 20.8 Å². The van der Waals surface area contributed by atoms with E-state index in [1.165, 1.54) is 0 Å². The van der Waals surface area contributed by atoms with Crippen LogP contribution in [-0.4, -0.2) is 54.7 Å². The van der Waals surface area contributed by atoms with E-state index in [9.17, 15) is 5.11 Å². The Morgan fingerprint density at radius 3 is 2.21 bits per heavy atom. The zero-order valence-corrected chi connectivity index (χ0v) is 12.8. The van der Waals surface area contributed by atoms with Crippen molar-refractivity contribution < 1.29 is 14.6 Å². The van der Waals surface area contributed by atoms with Gasteiger partial charge in [-0.25, -0.2) is 0 Å². The van der Waals surface area contributed by atoms with E-state index in [-0.39, 0.29) is 17.3 Å². The molecule has 0 bridgehead atoms. The third-order valence-electron chi connectivity index (χ3n) is 4.61. The van der Waals surface area contributed by atoms with Crippen LogP contribution in [0.4, 0.5) is 0 Å². The van der Waals surface area contributed by atoms with Crippen LogP contribution in [0.5, 0.6) is 0 Å². The van der Waals surface area contributed by atoms with Crippen molar-refractivity contribution in [2.75, 3.05) is 26.8 Å². The van der Waals surface area contributed by atoms with E-state index < -0.39 is 0 Å². The molecule has 0 amide bonds. The van der Waals surface area contributed by atoms with E-state index in [0.717, 1.165) is 45.4 Å². The highest BCUT2D eigenvalue weighted by Gasteiger charge is 2.41. The number of nitrogens with zero attached hydrogens (tertiary/aromatic N) is 1. The molecule has 4 heteroatoms. The van der Waals surface area contributed by atoms with Crippen LogP contribution in [0.15, 0.2) is 0 Å². The van der Waals surface area contributed by atoms with Gasteiger partial charge in [0, 0.05) is 25.4 Å². The lowest BCUT2D eigenvalue weighted by atomic mass is 9.86. The lowest BCUT2D eigenvalue weighted by molar-refractivity contribution is -0.184. The molecule has 0 aromatic heterocycles. The monoisotopic (exact) mass is 271 g/mol. The van der Waals surface area contributed by atoms with Crippen LogP contribution in [0.3, 0.4) is 0 Å². The largest absolute Gasteiger partial charge is 0.391 e. The van der Waals surface area contributed by atoms with Crippen LogP contribution in [0.2, 0.25) is 0 Å². The Morgan fingerprint density at radius 1 is 1.21 bits per heavy atom. The topological polar surface area (TPSA) is 41.9 Å². The van der Waals surface area contributed by atoms with Crippen molar-refractivity contribution in [1.29, 1.82) is 0 Å². The highest BCUT2D eigenvalue weighted by Crippen LogP contribution is 2.37. The van der Waals surface area contributed by atoms with Crippen molar-refractivity contribution in [3.63, 3.8) is 0 Å². The first kappa shape index (κ1) is 15.2. The van der Waals surface area contributed by atoms with Crippen molar-refractivity contribution in [2.24, 2.45) is 5.41 Å². The van der Waals surface area contributed by atoms with E-state index in [1.54, 1.807) is 0 Å². The van der Waals surface area contributed by atoms with Gasteiger partial charge in [0.15, 0.2) is 5.79 Å². The molecule has 1 spiro atoms. The summed E-state index contributed by atoms with van der Waals surface area (Å²) in [5.41, 5.74) is -0.0537. The Balaban J connectivity index is 1.80. The Bertz CT molecular complexity index is 284.